The average molecular weight is 225 g/mol. The van der Waals surface area contributed by atoms with Crippen molar-refractivity contribution in [3.63, 3.8) is 0 Å². The van der Waals surface area contributed by atoms with E-state index < -0.39 is 0 Å². The monoisotopic (exact) mass is 224 g/mol. The van der Waals surface area contributed by atoms with Crippen molar-refractivity contribution in [2.45, 2.75) is 12.5 Å². The third-order valence-electron chi connectivity index (χ3n) is 2.67. The molecule has 2 N–H and O–H groups in total. The van der Waals surface area contributed by atoms with Crippen molar-refractivity contribution in [3.8, 4) is 0 Å². The van der Waals surface area contributed by atoms with Crippen LogP contribution in [0.4, 0.5) is 0 Å². The maximum atomic E-state index is 11.3. The van der Waals surface area contributed by atoms with E-state index in [4.69, 9.17) is 17.3 Å². The van der Waals surface area contributed by atoms with E-state index in [1.807, 2.05) is 24.3 Å². The fraction of sp³-hybridized carbons (Fsp3) is 0.364. The van der Waals surface area contributed by atoms with Crippen LogP contribution in [0.5, 0.6) is 0 Å². The minimum atomic E-state index is 0.166. The molecule has 1 aliphatic heterocycles. The Hall–Kier alpha value is -1.06. The molecule has 0 bridgehead atoms. The molecule has 1 aliphatic rings. The van der Waals surface area contributed by atoms with Gasteiger partial charge in [-0.25, -0.2) is 0 Å². The first-order valence-corrected chi connectivity index (χ1v) is 5.35. The Morgan fingerprint density at radius 2 is 2.33 bits per heavy atom. The highest BCUT2D eigenvalue weighted by Gasteiger charge is 2.36. The number of carbonyl (C=O) groups is 1. The summed E-state index contributed by atoms with van der Waals surface area (Å²) in [5.41, 5.74) is 6.54. The summed E-state index contributed by atoms with van der Waals surface area (Å²) in [6.45, 7) is 1.12. The Kier molecular flexibility index (Phi) is 2.93. The summed E-state index contributed by atoms with van der Waals surface area (Å²) < 4.78 is 0. The first-order valence-electron chi connectivity index (χ1n) is 4.97. The van der Waals surface area contributed by atoms with E-state index in [1.54, 1.807) is 4.90 Å². The Labute approximate surface area is 93.8 Å². The Morgan fingerprint density at radius 3 is 2.93 bits per heavy atom. The van der Waals surface area contributed by atoms with Crippen molar-refractivity contribution in [1.82, 2.24) is 4.90 Å². The van der Waals surface area contributed by atoms with E-state index in [1.165, 1.54) is 0 Å². The van der Waals surface area contributed by atoms with Gasteiger partial charge in [0, 0.05) is 18.1 Å². The van der Waals surface area contributed by atoms with Gasteiger partial charge in [0.25, 0.3) is 0 Å². The molecule has 80 valence electrons. The number of carbonyl (C=O) groups excluding carboxylic acids is 1. The van der Waals surface area contributed by atoms with Crippen LogP contribution in [0.3, 0.4) is 0 Å². The SMILES string of the molecule is NCCN1C(=O)CC1c1cccc(Cl)c1. The summed E-state index contributed by atoms with van der Waals surface area (Å²) in [4.78, 5) is 13.1. The third-order valence-corrected chi connectivity index (χ3v) is 2.90. The van der Waals surface area contributed by atoms with Gasteiger partial charge in [-0.3, -0.25) is 4.79 Å². The lowest BCUT2D eigenvalue weighted by atomic mass is 9.94. The van der Waals surface area contributed by atoms with Crippen LogP contribution in [0.2, 0.25) is 5.02 Å². The molecule has 1 atom stereocenters. The highest BCUT2D eigenvalue weighted by molar-refractivity contribution is 6.30. The molecule has 0 aliphatic carbocycles. The minimum Gasteiger partial charge on any atom is -0.334 e. The van der Waals surface area contributed by atoms with Crippen LogP contribution in [-0.2, 0) is 4.79 Å². The molecule has 1 aromatic carbocycles. The van der Waals surface area contributed by atoms with Gasteiger partial charge < -0.3 is 10.6 Å². The lowest BCUT2D eigenvalue weighted by molar-refractivity contribution is -0.146. The van der Waals surface area contributed by atoms with Crippen molar-refractivity contribution in [2.75, 3.05) is 13.1 Å². The molecule has 0 aromatic heterocycles. The average Bonchev–Trinajstić information content (AvgIpc) is 2.22. The summed E-state index contributed by atoms with van der Waals surface area (Å²) in [6, 6.07) is 7.80. The van der Waals surface area contributed by atoms with Gasteiger partial charge in [0.05, 0.1) is 12.5 Å². The molecule has 1 heterocycles. The van der Waals surface area contributed by atoms with Crippen LogP contribution < -0.4 is 5.73 Å². The van der Waals surface area contributed by atoms with Crippen LogP contribution in [0.25, 0.3) is 0 Å². The molecule has 0 spiro atoms. The van der Waals surface area contributed by atoms with E-state index in [2.05, 4.69) is 0 Å². The number of halogens is 1. The molecule has 3 nitrogen and oxygen atoms in total. The van der Waals surface area contributed by atoms with E-state index >= 15 is 0 Å². The van der Waals surface area contributed by atoms with Crippen LogP contribution in [0.15, 0.2) is 24.3 Å². The molecule has 1 saturated heterocycles. The quantitative estimate of drug-likeness (QED) is 0.793. The van der Waals surface area contributed by atoms with Gasteiger partial charge in [0.2, 0.25) is 5.91 Å². The van der Waals surface area contributed by atoms with E-state index in [9.17, 15) is 4.79 Å². The number of nitrogens with two attached hydrogens (primary N) is 1. The number of nitrogens with zero attached hydrogens (tertiary/aromatic N) is 1. The summed E-state index contributed by atoms with van der Waals surface area (Å²) in [6.07, 6.45) is 0.570. The topological polar surface area (TPSA) is 46.3 Å². The van der Waals surface area contributed by atoms with Crippen LogP contribution in [0.1, 0.15) is 18.0 Å². The van der Waals surface area contributed by atoms with Gasteiger partial charge in [-0.15, -0.1) is 0 Å². The Morgan fingerprint density at radius 1 is 1.53 bits per heavy atom. The largest absolute Gasteiger partial charge is 0.334 e. The van der Waals surface area contributed by atoms with Crippen molar-refractivity contribution in [2.24, 2.45) is 5.73 Å². The molecule has 15 heavy (non-hydrogen) atoms. The highest BCUT2D eigenvalue weighted by Crippen LogP contribution is 2.34. The number of benzene rings is 1. The van der Waals surface area contributed by atoms with Crippen LogP contribution in [-0.4, -0.2) is 23.9 Å². The molecule has 1 unspecified atom stereocenters. The van der Waals surface area contributed by atoms with E-state index in [-0.39, 0.29) is 11.9 Å². The minimum absolute atomic E-state index is 0.166. The van der Waals surface area contributed by atoms with Gasteiger partial charge >= 0.3 is 0 Å². The third kappa shape index (κ3) is 1.98. The summed E-state index contributed by atoms with van der Waals surface area (Å²) in [5, 5.41) is 0.708. The smallest absolute Gasteiger partial charge is 0.225 e. The molecule has 0 radical (unpaired) electrons. The zero-order valence-electron chi connectivity index (χ0n) is 8.32. The first-order chi connectivity index (χ1) is 7.22. The maximum absolute atomic E-state index is 11.3. The molecule has 1 amide bonds. The molecule has 4 heteroatoms. The summed E-state index contributed by atoms with van der Waals surface area (Å²) >= 11 is 5.90. The Balaban J connectivity index is 2.15. The predicted molar refractivity (Wildman–Crippen MR) is 59.6 cm³/mol. The standard InChI is InChI=1S/C11H13ClN2O/c12-9-3-1-2-8(6-9)10-7-11(15)14(10)5-4-13/h1-3,6,10H,4-5,7,13H2. The zero-order valence-corrected chi connectivity index (χ0v) is 9.07. The molecule has 0 saturated carbocycles. The highest BCUT2D eigenvalue weighted by atomic mass is 35.5. The zero-order chi connectivity index (χ0) is 10.8. The number of likely N-dealkylation sites (tertiary alicyclic amines) is 1. The lowest BCUT2D eigenvalue weighted by Gasteiger charge is -2.40. The van der Waals surface area contributed by atoms with Gasteiger partial charge in [0.1, 0.15) is 0 Å². The number of rotatable bonds is 3. The van der Waals surface area contributed by atoms with E-state index in [0.29, 0.717) is 24.5 Å². The van der Waals surface area contributed by atoms with Crippen LogP contribution >= 0.6 is 11.6 Å². The van der Waals surface area contributed by atoms with Gasteiger partial charge in [0.15, 0.2) is 0 Å². The molecule has 2 rings (SSSR count). The van der Waals surface area contributed by atoms with Gasteiger partial charge in [-0.2, -0.15) is 0 Å². The first kappa shape index (κ1) is 10.5. The number of β-lactam (4-membered cyclic amide) rings is 1. The van der Waals surface area contributed by atoms with Crippen molar-refractivity contribution in [1.29, 1.82) is 0 Å². The molecular formula is C11H13ClN2O. The second-order valence-electron chi connectivity index (χ2n) is 3.65. The molecule has 1 aromatic rings. The predicted octanol–water partition coefficient (Wildman–Crippen LogP) is 1.57. The summed E-state index contributed by atoms with van der Waals surface area (Å²) in [7, 11) is 0. The fourth-order valence-electron chi connectivity index (χ4n) is 1.89. The number of amides is 1. The van der Waals surface area contributed by atoms with Gasteiger partial charge in [-0.05, 0) is 17.7 Å². The summed E-state index contributed by atoms with van der Waals surface area (Å²) in [5.74, 6) is 0.172. The second-order valence-corrected chi connectivity index (χ2v) is 4.09. The van der Waals surface area contributed by atoms with Crippen LogP contribution in [0, 0.1) is 0 Å². The molecule has 1 fully saturated rings. The number of hydrogen-bond donors (Lipinski definition) is 1. The lowest BCUT2D eigenvalue weighted by Crippen LogP contribution is -2.48. The fourth-order valence-corrected chi connectivity index (χ4v) is 2.08. The van der Waals surface area contributed by atoms with Crippen molar-refractivity contribution >= 4 is 17.5 Å². The molecular weight excluding hydrogens is 212 g/mol. The van der Waals surface area contributed by atoms with Crippen molar-refractivity contribution < 1.29 is 4.79 Å². The second kappa shape index (κ2) is 4.21. The van der Waals surface area contributed by atoms with Gasteiger partial charge in [-0.1, -0.05) is 23.7 Å². The normalized spacial score (nSPS) is 20.3. The van der Waals surface area contributed by atoms with E-state index in [0.717, 1.165) is 5.56 Å². The van der Waals surface area contributed by atoms with Crippen molar-refractivity contribution in [3.05, 3.63) is 34.9 Å². The Bertz CT molecular complexity index is 381. The number of hydrogen-bond acceptors (Lipinski definition) is 2. The maximum Gasteiger partial charge on any atom is 0.225 e.